The van der Waals surface area contributed by atoms with Crippen LogP contribution in [0.2, 0.25) is 0 Å². The van der Waals surface area contributed by atoms with Gasteiger partial charge in [-0.25, -0.2) is 9.78 Å². The Balaban J connectivity index is 2.14. The van der Waals surface area contributed by atoms with Crippen molar-refractivity contribution >= 4 is 28.6 Å². The normalized spacial score (nSPS) is 10.2. The molecule has 0 aliphatic heterocycles. The van der Waals surface area contributed by atoms with E-state index in [1.165, 1.54) is 17.4 Å². The fraction of sp³-hybridized carbons (Fsp3) is 0.111. The molecule has 0 fully saturated rings. The van der Waals surface area contributed by atoms with Crippen molar-refractivity contribution in [3.05, 3.63) is 27.4 Å². The van der Waals surface area contributed by atoms with Crippen molar-refractivity contribution in [3.63, 3.8) is 0 Å². The van der Waals surface area contributed by atoms with Crippen molar-refractivity contribution in [1.29, 1.82) is 0 Å². The van der Waals surface area contributed by atoms with E-state index < -0.39 is 5.97 Å². The molecule has 78 valence electrons. The number of carbonyl (C=O) groups is 1. The van der Waals surface area contributed by atoms with E-state index in [2.05, 4.69) is 4.98 Å². The largest absolute Gasteiger partial charge is 0.477 e. The third kappa shape index (κ3) is 2.34. The van der Waals surface area contributed by atoms with Gasteiger partial charge in [-0.2, -0.15) is 0 Å². The molecule has 0 amide bonds. The Labute approximate surface area is 93.8 Å². The standard InChI is InChI=1S/C9H7NO3S2/c1-5-3-15-9(10-5)13-6-2-7(8(11)12)14-4-6/h2-4H,1H3,(H,11,12). The first-order chi connectivity index (χ1) is 7.15. The van der Waals surface area contributed by atoms with Crippen LogP contribution in [0.5, 0.6) is 10.9 Å². The highest BCUT2D eigenvalue weighted by atomic mass is 32.1. The summed E-state index contributed by atoms with van der Waals surface area (Å²) in [7, 11) is 0. The van der Waals surface area contributed by atoms with Crippen LogP contribution in [0.4, 0.5) is 0 Å². The molecule has 2 rings (SSSR count). The van der Waals surface area contributed by atoms with Gasteiger partial charge in [0.25, 0.3) is 5.19 Å². The molecule has 0 aromatic carbocycles. The van der Waals surface area contributed by atoms with E-state index in [0.29, 0.717) is 10.9 Å². The van der Waals surface area contributed by atoms with Crippen LogP contribution in [0.1, 0.15) is 15.4 Å². The summed E-state index contributed by atoms with van der Waals surface area (Å²) in [6.45, 7) is 1.87. The second-order valence-corrected chi connectivity index (χ2v) is 4.54. The number of carboxylic acids is 1. The maximum Gasteiger partial charge on any atom is 0.346 e. The monoisotopic (exact) mass is 241 g/mol. The second kappa shape index (κ2) is 4.00. The van der Waals surface area contributed by atoms with Gasteiger partial charge in [-0.05, 0) is 6.92 Å². The van der Waals surface area contributed by atoms with E-state index in [0.717, 1.165) is 17.0 Å². The van der Waals surface area contributed by atoms with Crippen molar-refractivity contribution in [1.82, 2.24) is 4.98 Å². The second-order valence-electron chi connectivity index (χ2n) is 2.81. The van der Waals surface area contributed by atoms with Gasteiger partial charge in [-0.15, -0.1) is 11.3 Å². The maximum atomic E-state index is 10.6. The van der Waals surface area contributed by atoms with Crippen molar-refractivity contribution < 1.29 is 14.6 Å². The van der Waals surface area contributed by atoms with Gasteiger partial charge in [0.1, 0.15) is 10.6 Å². The Bertz CT molecular complexity index is 489. The molecule has 0 aliphatic carbocycles. The van der Waals surface area contributed by atoms with Crippen LogP contribution >= 0.6 is 22.7 Å². The average molecular weight is 241 g/mol. The molecule has 0 saturated heterocycles. The van der Waals surface area contributed by atoms with Crippen molar-refractivity contribution in [3.8, 4) is 10.9 Å². The van der Waals surface area contributed by atoms with Crippen molar-refractivity contribution in [2.45, 2.75) is 6.92 Å². The number of hydrogen-bond acceptors (Lipinski definition) is 5. The molecule has 0 aliphatic rings. The van der Waals surface area contributed by atoms with Gasteiger partial charge in [-0.1, -0.05) is 11.3 Å². The average Bonchev–Trinajstić information content (AvgIpc) is 2.76. The molecule has 1 N–H and O–H groups in total. The fourth-order valence-electron chi connectivity index (χ4n) is 0.965. The van der Waals surface area contributed by atoms with Crippen LogP contribution in [-0.2, 0) is 0 Å². The number of aromatic nitrogens is 1. The van der Waals surface area contributed by atoms with E-state index in [-0.39, 0.29) is 4.88 Å². The highest BCUT2D eigenvalue weighted by Crippen LogP contribution is 2.28. The van der Waals surface area contributed by atoms with E-state index in [9.17, 15) is 4.79 Å². The number of carboxylic acid groups (broad SMARTS) is 1. The third-order valence-corrected chi connectivity index (χ3v) is 3.32. The molecular formula is C9H7NO3S2. The number of aryl methyl sites for hydroxylation is 1. The molecule has 0 radical (unpaired) electrons. The van der Waals surface area contributed by atoms with Gasteiger partial charge in [0, 0.05) is 16.8 Å². The number of hydrogen-bond donors (Lipinski definition) is 1. The predicted molar refractivity (Wildman–Crippen MR) is 58.2 cm³/mol. The number of rotatable bonds is 3. The van der Waals surface area contributed by atoms with Crippen LogP contribution in [-0.4, -0.2) is 16.1 Å². The Kier molecular flexibility index (Phi) is 2.70. The van der Waals surface area contributed by atoms with E-state index in [1.807, 2.05) is 12.3 Å². The predicted octanol–water partition coefficient (Wildman–Crippen LogP) is 3.00. The number of aromatic carboxylic acids is 1. The molecular weight excluding hydrogens is 234 g/mol. The molecule has 15 heavy (non-hydrogen) atoms. The fourth-order valence-corrected chi connectivity index (χ4v) is 2.27. The quantitative estimate of drug-likeness (QED) is 0.897. The molecule has 4 nitrogen and oxygen atoms in total. The third-order valence-electron chi connectivity index (χ3n) is 1.59. The zero-order valence-electron chi connectivity index (χ0n) is 7.76. The Morgan fingerprint density at radius 1 is 1.47 bits per heavy atom. The summed E-state index contributed by atoms with van der Waals surface area (Å²) in [5, 5.41) is 12.8. The molecule has 0 atom stereocenters. The van der Waals surface area contributed by atoms with Gasteiger partial charge in [0.2, 0.25) is 0 Å². The lowest BCUT2D eigenvalue weighted by molar-refractivity contribution is 0.0702. The van der Waals surface area contributed by atoms with Crippen LogP contribution < -0.4 is 4.74 Å². The van der Waals surface area contributed by atoms with Crippen molar-refractivity contribution in [2.75, 3.05) is 0 Å². The first-order valence-corrected chi connectivity index (χ1v) is 5.83. The highest BCUT2D eigenvalue weighted by Gasteiger charge is 2.09. The summed E-state index contributed by atoms with van der Waals surface area (Å²) in [5.74, 6) is -0.420. The summed E-state index contributed by atoms with van der Waals surface area (Å²) in [5.41, 5.74) is 0.892. The number of thiophene rings is 1. The first-order valence-electron chi connectivity index (χ1n) is 4.07. The van der Waals surface area contributed by atoms with E-state index in [1.54, 1.807) is 5.38 Å². The van der Waals surface area contributed by atoms with Gasteiger partial charge in [0.05, 0.1) is 5.69 Å². The minimum Gasteiger partial charge on any atom is -0.477 e. The topological polar surface area (TPSA) is 59.4 Å². The molecule has 0 saturated carbocycles. The van der Waals surface area contributed by atoms with Gasteiger partial charge >= 0.3 is 5.97 Å². The lowest BCUT2D eigenvalue weighted by atomic mass is 10.4. The number of nitrogens with zero attached hydrogens (tertiary/aromatic N) is 1. The summed E-state index contributed by atoms with van der Waals surface area (Å²) in [4.78, 5) is 15.0. The smallest absolute Gasteiger partial charge is 0.346 e. The van der Waals surface area contributed by atoms with Crippen LogP contribution in [0.25, 0.3) is 0 Å². The van der Waals surface area contributed by atoms with Crippen LogP contribution in [0.15, 0.2) is 16.8 Å². The lowest BCUT2D eigenvalue weighted by Crippen LogP contribution is -1.90. The Morgan fingerprint density at radius 3 is 2.80 bits per heavy atom. The van der Waals surface area contributed by atoms with E-state index >= 15 is 0 Å². The molecule has 2 aromatic rings. The molecule has 0 spiro atoms. The minimum atomic E-state index is -0.940. The first kappa shape index (κ1) is 10.1. The summed E-state index contributed by atoms with van der Waals surface area (Å²) >= 11 is 2.52. The SMILES string of the molecule is Cc1csc(Oc2csc(C(=O)O)c2)n1. The zero-order valence-corrected chi connectivity index (χ0v) is 9.39. The highest BCUT2D eigenvalue weighted by molar-refractivity contribution is 7.12. The van der Waals surface area contributed by atoms with Gasteiger partial charge in [0.15, 0.2) is 0 Å². The molecule has 0 unspecified atom stereocenters. The lowest BCUT2D eigenvalue weighted by Gasteiger charge is -1.95. The van der Waals surface area contributed by atoms with Crippen LogP contribution in [0.3, 0.4) is 0 Å². The maximum absolute atomic E-state index is 10.6. The summed E-state index contributed by atoms with van der Waals surface area (Å²) in [6.07, 6.45) is 0. The molecule has 2 heterocycles. The number of ether oxygens (including phenoxy) is 1. The van der Waals surface area contributed by atoms with E-state index in [4.69, 9.17) is 9.84 Å². The van der Waals surface area contributed by atoms with Gasteiger partial charge in [-0.3, -0.25) is 0 Å². The summed E-state index contributed by atoms with van der Waals surface area (Å²) < 4.78 is 5.38. The zero-order chi connectivity index (χ0) is 10.8. The van der Waals surface area contributed by atoms with Gasteiger partial charge < -0.3 is 9.84 Å². The Morgan fingerprint density at radius 2 is 2.27 bits per heavy atom. The number of thiazole rings is 1. The minimum absolute atomic E-state index is 0.262. The summed E-state index contributed by atoms with van der Waals surface area (Å²) in [6, 6.07) is 1.49. The molecule has 6 heteroatoms. The van der Waals surface area contributed by atoms with Crippen molar-refractivity contribution in [2.24, 2.45) is 0 Å². The molecule has 0 bridgehead atoms. The van der Waals surface area contributed by atoms with Crippen LogP contribution in [0, 0.1) is 6.92 Å². The molecule has 2 aromatic heterocycles. The Hall–Kier alpha value is -1.40.